The largest absolute Gasteiger partial charge is 0.467 e. The standard InChI is InChI=1S/C13H17N5O5/c1-18-10(19)4-8(17-13(18)22)11(20)16-9(12(21)23-2)3-7-5-14-6-15-7/h5-6,8-9H,3-4H2,1-2H3,(H,14,15)(H,16,20)(H,17,22)/t8-,9+/m0/s1. The van der Waals surface area contributed by atoms with Crippen LogP contribution in [0, 0.1) is 0 Å². The van der Waals surface area contributed by atoms with Crippen molar-refractivity contribution in [2.24, 2.45) is 0 Å². The molecule has 10 heteroatoms. The molecule has 1 aromatic rings. The summed E-state index contributed by atoms with van der Waals surface area (Å²) in [5.74, 6) is -1.75. The lowest BCUT2D eigenvalue weighted by Crippen LogP contribution is -2.59. The Morgan fingerprint density at radius 1 is 1.52 bits per heavy atom. The highest BCUT2D eigenvalue weighted by Crippen LogP contribution is 2.07. The van der Waals surface area contributed by atoms with E-state index in [-0.39, 0.29) is 12.8 Å². The summed E-state index contributed by atoms with van der Waals surface area (Å²) in [6, 6.07) is -2.65. The van der Waals surface area contributed by atoms with Gasteiger partial charge in [0.25, 0.3) is 0 Å². The van der Waals surface area contributed by atoms with Crippen molar-refractivity contribution in [3.8, 4) is 0 Å². The maximum atomic E-state index is 12.2. The Labute approximate surface area is 131 Å². The van der Waals surface area contributed by atoms with Gasteiger partial charge in [-0.3, -0.25) is 14.5 Å². The van der Waals surface area contributed by atoms with Gasteiger partial charge in [-0.05, 0) is 0 Å². The summed E-state index contributed by atoms with van der Waals surface area (Å²) in [5.41, 5.74) is 0.629. The maximum absolute atomic E-state index is 12.2. The first-order valence-electron chi connectivity index (χ1n) is 6.85. The van der Waals surface area contributed by atoms with Crippen LogP contribution in [-0.2, 0) is 25.5 Å². The molecule has 10 nitrogen and oxygen atoms in total. The molecule has 0 bridgehead atoms. The monoisotopic (exact) mass is 323 g/mol. The van der Waals surface area contributed by atoms with Gasteiger partial charge in [0.2, 0.25) is 11.8 Å². The molecule has 124 valence electrons. The molecule has 1 aromatic heterocycles. The topological polar surface area (TPSA) is 133 Å². The van der Waals surface area contributed by atoms with Crippen molar-refractivity contribution in [3.05, 3.63) is 18.2 Å². The number of rotatable bonds is 5. The molecule has 0 spiro atoms. The van der Waals surface area contributed by atoms with E-state index < -0.39 is 35.9 Å². The molecule has 23 heavy (non-hydrogen) atoms. The van der Waals surface area contributed by atoms with Gasteiger partial charge in [0.05, 0.1) is 19.9 Å². The number of imidazole rings is 1. The number of esters is 1. The van der Waals surface area contributed by atoms with Gasteiger partial charge in [-0.2, -0.15) is 0 Å². The molecule has 1 aliphatic heterocycles. The van der Waals surface area contributed by atoms with Gasteiger partial charge in [-0.15, -0.1) is 0 Å². The van der Waals surface area contributed by atoms with Crippen LogP contribution in [0.25, 0.3) is 0 Å². The molecule has 0 aromatic carbocycles. The number of nitrogens with one attached hydrogen (secondary N) is 3. The van der Waals surface area contributed by atoms with Crippen LogP contribution in [0.4, 0.5) is 4.79 Å². The first-order valence-corrected chi connectivity index (χ1v) is 6.85. The Hall–Kier alpha value is -2.91. The van der Waals surface area contributed by atoms with E-state index in [2.05, 4.69) is 25.3 Å². The van der Waals surface area contributed by atoms with Crippen molar-refractivity contribution < 1.29 is 23.9 Å². The number of aromatic nitrogens is 2. The molecule has 1 saturated heterocycles. The molecular formula is C13H17N5O5. The summed E-state index contributed by atoms with van der Waals surface area (Å²) in [7, 11) is 2.52. The highest BCUT2D eigenvalue weighted by atomic mass is 16.5. The van der Waals surface area contributed by atoms with Crippen molar-refractivity contribution in [2.75, 3.05) is 14.2 Å². The Morgan fingerprint density at radius 3 is 2.83 bits per heavy atom. The number of amides is 4. The maximum Gasteiger partial charge on any atom is 0.328 e. The minimum atomic E-state index is -1.03. The molecule has 4 amide bonds. The fraction of sp³-hybridized carbons (Fsp3) is 0.462. The van der Waals surface area contributed by atoms with Crippen LogP contribution in [0.2, 0.25) is 0 Å². The summed E-state index contributed by atoms with van der Waals surface area (Å²) in [4.78, 5) is 54.8. The van der Waals surface area contributed by atoms with Crippen molar-refractivity contribution in [3.63, 3.8) is 0 Å². The summed E-state index contributed by atoms with van der Waals surface area (Å²) >= 11 is 0. The van der Waals surface area contributed by atoms with Crippen molar-refractivity contribution in [1.82, 2.24) is 25.5 Å². The number of H-pyrrole nitrogens is 1. The summed E-state index contributed by atoms with van der Waals surface area (Å²) in [6.07, 6.45) is 2.93. The van der Waals surface area contributed by atoms with Gasteiger partial charge in [0.15, 0.2) is 0 Å². The average Bonchev–Trinajstić information content (AvgIpc) is 3.03. The molecule has 3 N–H and O–H groups in total. The first-order chi connectivity index (χ1) is 10.9. The third kappa shape index (κ3) is 3.84. The molecule has 2 atom stereocenters. The number of methoxy groups -OCH3 is 1. The van der Waals surface area contributed by atoms with Crippen molar-refractivity contribution in [2.45, 2.75) is 24.9 Å². The van der Waals surface area contributed by atoms with E-state index in [0.717, 1.165) is 4.90 Å². The number of hydrogen-bond donors (Lipinski definition) is 3. The molecule has 0 aliphatic carbocycles. The van der Waals surface area contributed by atoms with Gasteiger partial charge >= 0.3 is 12.0 Å². The van der Waals surface area contributed by atoms with E-state index in [1.165, 1.54) is 26.7 Å². The van der Waals surface area contributed by atoms with E-state index in [1.54, 1.807) is 0 Å². The highest BCUT2D eigenvalue weighted by molar-refractivity contribution is 6.02. The summed E-state index contributed by atoms with van der Waals surface area (Å²) < 4.78 is 4.66. The van der Waals surface area contributed by atoms with E-state index in [1.807, 2.05) is 0 Å². The zero-order chi connectivity index (χ0) is 17.0. The van der Waals surface area contributed by atoms with Gasteiger partial charge in [-0.25, -0.2) is 14.6 Å². The van der Waals surface area contributed by atoms with Crippen LogP contribution in [0.1, 0.15) is 12.1 Å². The zero-order valence-electron chi connectivity index (χ0n) is 12.7. The third-order valence-electron chi connectivity index (χ3n) is 3.45. The number of carbonyl (C=O) groups is 4. The SMILES string of the molecule is COC(=O)[C@@H](Cc1cnc[nH]1)NC(=O)[C@@H]1CC(=O)N(C)C(=O)N1. The minimum absolute atomic E-state index is 0.146. The summed E-state index contributed by atoms with van der Waals surface area (Å²) in [6.45, 7) is 0. The number of urea groups is 1. The lowest BCUT2D eigenvalue weighted by molar-refractivity contribution is -0.145. The van der Waals surface area contributed by atoms with Crippen LogP contribution in [0.5, 0.6) is 0 Å². The van der Waals surface area contributed by atoms with Crippen molar-refractivity contribution in [1.29, 1.82) is 0 Å². The number of nitrogens with zero attached hydrogens (tertiary/aromatic N) is 2. The predicted octanol–water partition coefficient (Wildman–Crippen LogP) is -1.45. The fourth-order valence-corrected chi connectivity index (χ4v) is 2.10. The average molecular weight is 323 g/mol. The second-order valence-electron chi connectivity index (χ2n) is 5.02. The number of hydrogen-bond acceptors (Lipinski definition) is 6. The van der Waals surface area contributed by atoms with Gasteiger partial charge < -0.3 is 20.4 Å². The summed E-state index contributed by atoms with van der Waals surface area (Å²) in [5, 5.41) is 4.88. The molecular weight excluding hydrogens is 306 g/mol. The second kappa shape index (κ2) is 6.90. The number of aromatic amines is 1. The second-order valence-corrected chi connectivity index (χ2v) is 5.02. The molecule has 1 fully saturated rings. The molecule has 0 saturated carbocycles. The smallest absolute Gasteiger partial charge is 0.328 e. The van der Waals surface area contributed by atoms with Crippen LogP contribution < -0.4 is 10.6 Å². The molecule has 1 aliphatic rings. The Kier molecular flexibility index (Phi) is 4.94. The zero-order valence-corrected chi connectivity index (χ0v) is 12.7. The minimum Gasteiger partial charge on any atom is -0.467 e. The van der Waals surface area contributed by atoms with Gasteiger partial charge in [0, 0.05) is 25.4 Å². The number of imide groups is 1. The van der Waals surface area contributed by atoms with Crippen LogP contribution in [0.15, 0.2) is 12.5 Å². The van der Waals surface area contributed by atoms with Gasteiger partial charge in [0.1, 0.15) is 12.1 Å². The fourth-order valence-electron chi connectivity index (χ4n) is 2.10. The normalized spacial score (nSPS) is 19.0. The first kappa shape index (κ1) is 16.5. The Balaban J connectivity index is 2.03. The van der Waals surface area contributed by atoms with Crippen LogP contribution in [-0.4, -0.2) is 64.9 Å². The number of ether oxygens (including phenoxy) is 1. The van der Waals surface area contributed by atoms with E-state index in [9.17, 15) is 19.2 Å². The number of carbonyl (C=O) groups excluding carboxylic acids is 4. The van der Waals surface area contributed by atoms with Crippen LogP contribution >= 0.6 is 0 Å². The lowest BCUT2D eigenvalue weighted by Gasteiger charge is -2.28. The molecule has 2 rings (SSSR count). The Bertz CT molecular complexity index is 596. The lowest BCUT2D eigenvalue weighted by atomic mass is 10.1. The molecule has 0 unspecified atom stereocenters. The Morgan fingerprint density at radius 2 is 2.26 bits per heavy atom. The molecule has 0 radical (unpaired) electrons. The quantitative estimate of drug-likeness (QED) is 0.568. The van der Waals surface area contributed by atoms with E-state index in [4.69, 9.17) is 0 Å². The van der Waals surface area contributed by atoms with Crippen molar-refractivity contribution >= 4 is 23.8 Å². The van der Waals surface area contributed by atoms with E-state index in [0.29, 0.717) is 5.69 Å². The van der Waals surface area contributed by atoms with Gasteiger partial charge in [-0.1, -0.05) is 0 Å². The highest BCUT2D eigenvalue weighted by Gasteiger charge is 2.35. The van der Waals surface area contributed by atoms with E-state index >= 15 is 0 Å². The van der Waals surface area contributed by atoms with Crippen LogP contribution in [0.3, 0.4) is 0 Å². The third-order valence-corrected chi connectivity index (χ3v) is 3.45. The molecule has 2 heterocycles. The predicted molar refractivity (Wildman–Crippen MR) is 75.9 cm³/mol.